The van der Waals surface area contributed by atoms with Gasteiger partial charge in [-0.1, -0.05) is 18.2 Å². The smallest absolute Gasteiger partial charge is 0.261 e. The van der Waals surface area contributed by atoms with E-state index in [0.29, 0.717) is 0 Å². The van der Waals surface area contributed by atoms with Gasteiger partial charge < -0.3 is 4.98 Å². The Morgan fingerprint density at radius 2 is 2.00 bits per heavy atom. The first-order chi connectivity index (χ1) is 9.08. The zero-order chi connectivity index (χ0) is 13.6. The van der Waals surface area contributed by atoms with E-state index in [0.717, 1.165) is 33.8 Å². The summed E-state index contributed by atoms with van der Waals surface area (Å²) in [5, 5.41) is 0. The summed E-state index contributed by atoms with van der Waals surface area (Å²) < 4.78 is 1.62. The molecule has 1 aromatic heterocycles. The number of fused-ring (bicyclic) bond motifs is 1. The van der Waals surface area contributed by atoms with Crippen LogP contribution in [-0.2, 0) is 4.79 Å². The molecule has 1 unspecified atom stereocenters. The van der Waals surface area contributed by atoms with Crippen LogP contribution in [0.15, 0.2) is 30.3 Å². The molecule has 1 atom stereocenters. The number of aromatic amines is 1. The number of hydrogen-bond acceptors (Lipinski definition) is 1. The molecule has 2 aromatic rings. The van der Waals surface area contributed by atoms with Gasteiger partial charge in [-0.15, -0.1) is 0 Å². The Kier molecular flexibility index (Phi) is 2.79. The SMILES string of the molecule is Cc1cc(C)c(C=C2C(=O)N(P)c3ccccc32)[nH]1. The number of amides is 1. The molecule has 2 heterocycles. The van der Waals surface area contributed by atoms with Crippen LogP contribution >= 0.6 is 9.39 Å². The third-order valence-electron chi connectivity index (χ3n) is 3.38. The lowest BCUT2D eigenvalue weighted by Crippen LogP contribution is -2.12. The molecule has 1 aliphatic heterocycles. The third kappa shape index (κ3) is 1.91. The lowest BCUT2D eigenvalue weighted by molar-refractivity contribution is -0.111. The van der Waals surface area contributed by atoms with Crippen LogP contribution in [0.5, 0.6) is 0 Å². The van der Waals surface area contributed by atoms with Crippen molar-refractivity contribution < 1.29 is 4.79 Å². The van der Waals surface area contributed by atoms with Crippen LogP contribution in [-0.4, -0.2) is 10.9 Å². The molecule has 1 aromatic carbocycles. The van der Waals surface area contributed by atoms with Gasteiger partial charge in [0.25, 0.3) is 5.91 Å². The quantitative estimate of drug-likeness (QED) is 0.626. The van der Waals surface area contributed by atoms with E-state index in [4.69, 9.17) is 0 Å². The molecule has 19 heavy (non-hydrogen) atoms. The zero-order valence-corrected chi connectivity index (χ0v) is 12.1. The van der Waals surface area contributed by atoms with Gasteiger partial charge >= 0.3 is 0 Å². The lowest BCUT2D eigenvalue weighted by atomic mass is 10.1. The van der Waals surface area contributed by atoms with Gasteiger partial charge in [-0.2, -0.15) is 0 Å². The highest BCUT2D eigenvalue weighted by molar-refractivity contribution is 7.21. The Hall–Kier alpha value is -1.86. The van der Waals surface area contributed by atoms with Crippen LogP contribution in [0, 0.1) is 13.8 Å². The van der Waals surface area contributed by atoms with Gasteiger partial charge in [-0.05, 0) is 47.0 Å². The first-order valence-electron chi connectivity index (χ1n) is 6.14. The minimum absolute atomic E-state index is 0.0119. The highest BCUT2D eigenvalue weighted by atomic mass is 31.0. The zero-order valence-electron chi connectivity index (χ0n) is 10.9. The molecule has 0 spiro atoms. The van der Waals surface area contributed by atoms with Crippen LogP contribution < -0.4 is 4.67 Å². The average Bonchev–Trinajstić information content (AvgIpc) is 2.83. The summed E-state index contributed by atoms with van der Waals surface area (Å²) in [5.74, 6) is 0.0119. The average molecular weight is 270 g/mol. The molecule has 3 rings (SSSR count). The van der Waals surface area contributed by atoms with E-state index in [1.54, 1.807) is 4.67 Å². The fraction of sp³-hybridized carbons (Fsp3) is 0.133. The number of benzene rings is 1. The standard InChI is InChI=1S/C15H15N2OP/c1-9-7-10(2)16-13(9)8-12-11-5-3-4-6-14(11)17(19)15(12)18/h3-8,16H,19H2,1-2H3. The van der Waals surface area contributed by atoms with Crippen LogP contribution in [0.3, 0.4) is 0 Å². The Bertz CT molecular complexity index is 700. The number of H-pyrrole nitrogens is 1. The van der Waals surface area contributed by atoms with Crippen LogP contribution in [0.25, 0.3) is 11.6 Å². The van der Waals surface area contributed by atoms with Gasteiger partial charge in [0.15, 0.2) is 0 Å². The van der Waals surface area contributed by atoms with E-state index >= 15 is 0 Å². The molecule has 0 bridgehead atoms. The predicted molar refractivity (Wildman–Crippen MR) is 81.8 cm³/mol. The largest absolute Gasteiger partial charge is 0.359 e. The van der Waals surface area contributed by atoms with Crippen molar-refractivity contribution in [2.45, 2.75) is 13.8 Å². The molecule has 4 heteroatoms. The number of hydrogen-bond donors (Lipinski definition) is 1. The number of aryl methyl sites for hydroxylation is 2. The summed E-state index contributed by atoms with van der Waals surface area (Å²) in [6.07, 6.45) is 1.94. The van der Waals surface area contributed by atoms with Crippen molar-refractivity contribution in [3.63, 3.8) is 0 Å². The Morgan fingerprint density at radius 3 is 2.68 bits per heavy atom. The van der Waals surface area contributed by atoms with Gasteiger partial charge in [-0.25, -0.2) is 0 Å². The number of anilines is 1. The van der Waals surface area contributed by atoms with Crippen molar-refractivity contribution in [1.82, 2.24) is 4.98 Å². The summed E-state index contributed by atoms with van der Waals surface area (Å²) >= 11 is 0. The maximum atomic E-state index is 12.3. The van der Waals surface area contributed by atoms with E-state index in [-0.39, 0.29) is 5.91 Å². The number of nitrogens with one attached hydrogen (secondary N) is 1. The summed E-state index contributed by atoms with van der Waals surface area (Å²) in [6.45, 7) is 4.06. The first-order valence-corrected chi connectivity index (χ1v) is 6.66. The maximum absolute atomic E-state index is 12.3. The molecule has 0 saturated carbocycles. The molecule has 0 radical (unpaired) electrons. The van der Waals surface area contributed by atoms with Crippen molar-refractivity contribution in [1.29, 1.82) is 0 Å². The number of nitrogens with zero attached hydrogens (tertiary/aromatic N) is 1. The number of para-hydroxylation sites is 1. The van der Waals surface area contributed by atoms with Gasteiger partial charge in [0, 0.05) is 17.0 Å². The Labute approximate surface area is 114 Å². The van der Waals surface area contributed by atoms with E-state index in [1.807, 2.05) is 44.2 Å². The lowest BCUT2D eigenvalue weighted by Gasteiger charge is -2.07. The minimum atomic E-state index is 0.0119. The summed E-state index contributed by atoms with van der Waals surface area (Å²) in [7, 11) is 2.48. The van der Waals surface area contributed by atoms with E-state index in [2.05, 4.69) is 20.4 Å². The second kappa shape index (κ2) is 4.36. The van der Waals surface area contributed by atoms with E-state index in [9.17, 15) is 4.79 Å². The molecule has 0 aliphatic carbocycles. The molecular formula is C15H15N2OP. The summed E-state index contributed by atoms with van der Waals surface area (Å²) in [6, 6.07) is 9.91. The van der Waals surface area contributed by atoms with Crippen molar-refractivity contribution in [2.75, 3.05) is 4.67 Å². The summed E-state index contributed by atoms with van der Waals surface area (Å²) in [4.78, 5) is 15.6. The third-order valence-corrected chi connectivity index (χ3v) is 3.89. The molecule has 0 fully saturated rings. The molecule has 1 amide bonds. The normalized spacial score (nSPS) is 16.3. The second-order valence-electron chi connectivity index (χ2n) is 4.80. The van der Waals surface area contributed by atoms with Crippen molar-refractivity contribution in [2.24, 2.45) is 0 Å². The number of rotatable bonds is 1. The second-order valence-corrected chi connectivity index (χ2v) is 5.32. The first kappa shape index (κ1) is 12.2. The van der Waals surface area contributed by atoms with E-state index in [1.165, 1.54) is 0 Å². The predicted octanol–water partition coefficient (Wildman–Crippen LogP) is 3.31. The number of carbonyl (C=O) groups is 1. The Balaban J connectivity index is 2.16. The maximum Gasteiger partial charge on any atom is 0.261 e. The highest BCUT2D eigenvalue weighted by Gasteiger charge is 2.29. The monoisotopic (exact) mass is 270 g/mol. The van der Waals surface area contributed by atoms with Crippen LogP contribution in [0.4, 0.5) is 5.69 Å². The summed E-state index contributed by atoms with van der Waals surface area (Å²) in [5.41, 5.74) is 5.90. The van der Waals surface area contributed by atoms with Crippen molar-refractivity contribution in [3.8, 4) is 0 Å². The van der Waals surface area contributed by atoms with Crippen LogP contribution in [0.2, 0.25) is 0 Å². The van der Waals surface area contributed by atoms with Crippen molar-refractivity contribution >= 4 is 32.6 Å². The molecule has 0 saturated heterocycles. The molecule has 1 aliphatic rings. The fourth-order valence-corrected chi connectivity index (χ4v) is 2.81. The van der Waals surface area contributed by atoms with Gasteiger partial charge in [0.05, 0.1) is 11.3 Å². The van der Waals surface area contributed by atoms with Gasteiger partial charge in [-0.3, -0.25) is 9.46 Å². The molecular weight excluding hydrogens is 255 g/mol. The molecule has 96 valence electrons. The Morgan fingerprint density at radius 1 is 1.26 bits per heavy atom. The van der Waals surface area contributed by atoms with Gasteiger partial charge in [0.2, 0.25) is 0 Å². The fourth-order valence-electron chi connectivity index (χ4n) is 2.45. The van der Waals surface area contributed by atoms with Crippen LogP contribution in [0.1, 0.15) is 22.5 Å². The van der Waals surface area contributed by atoms with Gasteiger partial charge in [0.1, 0.15) is 0 Å². The topological polar surface area (TPSA) is 36.1 Å². The minimum Gasteiger partial charge on any atom is -0.359 e. The highest BCUT2D eigenvalue weighted by Crippen LogP contribution is 2.39. The molecule has 3 nitrogen and oxygen atoms in total. The number of aromatic nitrogens is 1. The number of carbonyl (C=O) groups excluding carboxylic acids is 1. The molecule has 1 N–H and O–H groups in total. The van der Waals surface area contributed by atoms with Crippen molar-refractivity contribution in [3.05, 3.63) is 52.8 Å². The van der Waals surface area contributed by atoms with E-state index < -0.39 is 0 Å².